The van der Waals surface area contributed by atoms with E-state index in [0.29, 0.717) is 0 Å². The van der Waals surface area contributed by atoms with Gasteiger partial charge in [0.05, 0.1) is 18.4 Å². The van der Waals surface area contributed by atoms with Gasteiger partial charge in [-0.3, -0.25) is 0 Å². The molecule has 1 aromatic carbocycles. The first-order valence-electron chi connectivity index (χ1n) is 6.60. The quantitative estimate of drug-likeness (QED) is 0.889. The summed E-state index contributed by atoms with van der Waals surface area (Å²) in [5.41, 5.74) is 2.27. The van der Waals surface area contributed by atoms with Crippen molar-refractivity contribution in [2.24, 2.45) is 0 Å². The summed E-state index contributed by atoms with van der Waals surface area (Å²) in [7, 11) is 1.95. The second kappa shape index (κ2) is 5.93. The van der Waals surface area contributed by atoms with Gasteiger partial charge in [-0.05, 0) is 40.0 Å². The van der Waals surface area contributed by atoms with E-state index < -0.39 is 0 Å². The number of aryl methyl sites for hydroxylation is 1. The van der Waals surface area contributed by atoms with Gasteiger partial charge in [-0.2, -0.15) is 0 Å². The minimum Gasteiger partial charge on any atom is -0.491 e. The molecule has 102 valence electrons. The van der Waals surface area contributed by atoms with Crippen molar-refractivity contribution in [3.05, 3.63) is 53.5 Å². The Morgan fingerprint density at radius 1 is 1.11 bits per heavy atom. The van der Waals surface area contributed by atoms with Gasteiger partial charge in [-0.1, -0.05) is 18.2 Å². The average Bonchev–Trinajstić information content (AvgIpc) is 2.78. The zero-order valence-corrected chi connectivity index (χ0v) is 11.9. The highest BCUT2D eigenvalue weighted by Gasteiger charge is 2.20. The molecule has 1 unspecified atom stereocenters. The molecule has 1 N–H and O–H groups in total. The van der Waals surface area contributed by atoms with E-state index in [4.69, 9.17) is 9.15 Å². The first-order valence-corrected chi connectivity index (χ1v) is 6.60. The zero-order valence-electron chi connectivity index (χ0n) is 11.9. The summed E-state index contributed by atoms with van der Waals surface area (Å²) in [5, 5.41) is 3.34. The second-order valence-corrected chi connectivity index (χ2v) is 4.86. The van der Waals surface area contributed by atoms with Crippen LogP contribution in [-0.2, 0) is 0 Å². The summed E-state index contributed by atoms with van der Waals surface area (Å²) in [4.78, 5) is 0. The van der Waals surface area contributed by atoms with Crippen LogP contribution in [0.2, 0.25) is 0 Å². The molecular formula is C16H21NO2. The summed E-state index contributed by atoms with van der Waals surface area (Å²) in [6.45, 7) is 6.05. The van der Waals surface area contributed by atoms with Crippen molar-refractivity contribution < 1.29 is 9.15 Å². The molecule has 0 amide bonds. The van der Waals surface area contributed by atoms with Crippen molar-refractivity contribution in [2.75, 3.05) is 7.05 Å². The van der Waals surface area contributed by atoms with Crippen molar-refractivity contribution in [3.8, 4) is 5.75 Å². The van der Waals surface area contributed by atoms with Crippen LogP contribution in [0.15, 0.2) is 41.0 Å². The molecule has 0 spiro atoms. The van der Waals surface area contributed by atoms with Crippen molar-refractivity contribution in [2.45, 2.75) is 32.9 Å². The lowest BCUT2D eigenvalue weighted by Gasteiger charge is -2.21. The normalized spacial score (nSPS) is 12.7. The van der Waals surface area contributed by atoms with Crippen molar-refractivity contribution in [3.63, 3.8) is 0 Å². The molecule has 2 rings (SSSR count). The standard InChI is InChI=1S/C16H21NO2/c1-11(2)19-15-8-6-5-7-14(15)16(17-4)13-9-10-18-12(13)3/h5-11,16-17H,1-4H3. The Bertz CT molecular complexity index is 531. The molecule has 0 saturated carbocycles. The van der Waals surface area contributed by atoms with Crippen LogP contribution < -0.4 is 10.1 Å². The molecule has 0 radical (unpaired) electrons. The molecule has 1 heterocycles. The Morgan fingerprint density at radius 2 is 1.84 bits per heavy atom. The van der Waals surface area contributed by atoms with Crippen LogP contribution >= 0.6 is 0 Å². The first kappa shape index (κ1) is 13.7. The minimum atomic E-state index is 0.0775. The van der Waals surface area contributed by atoms with Gasteiger partial charge in [0.15, 0.2) is 0 Å². The lowest BCUT2D eigenvalue weighted by Crippen LogP contribution is -2.19. The van der Waals surface area contributed by atoms with Crippen LogP contribution in [0.1, 0.15) is 36.8 Å². The maximum Gasteiger partial charge on any atom is 0.124 e. The van der Waals surface area contributed by atoms with E-state index in [0.717, 1.165) is 22.6 Å². The molecule has 0 fully saturated rings. The van der Waals surface area contributed by atoms with Crippen molar-refractivity contribution in [1.29, 1.82) is 0 Å². The highest BCUT2D eigenvalue weighted by molar-refractivity contribution is 5.42. The van der Waals surface area contributed by atoms with E-state index in [1.54, 1.807) is 6.26 Å². The molecule has 1 atom stereocenters. The number of furan rings is 1. The SMILES string of the molecule is CNC(c1ccccc1OC(C)C)c1ccoc1C. The van der Waals surface area contributed by atoms with Crippen LogP contribution in [0.5, 0.6) is 5.75 Å². The zero-order chi connectivity index (χ0) is 13.8. The molecule has 19 heavy (non-hydrogen) atoms. The predicted octanol–water partition coefficient (Wildman–Crippen LogP) is 3.68. The Kier molecular flexibility index (Phi) is 4.27. The van der Waals surface area contributed by atoms with E-state index >= 15 is 0 Å². The molecule has 0 bridgehead atoms. The number of benzene rings is 1. The molecule has 0 saturated heterocycles. The Hall–Kier alpha value is -1.74. The van der Waals surface area contributed by atoms with Crippen molar-refractivity contribution >= 4 is 0 Å². The van der Waals surface area contributed by atoms with Crippen LogP contribution in [-0.4, -0.2) is 13.2 Å². The van der Waals surface area contributed by atoms with Gasteiger partial charge in [0.2, 0.25) is 0 Å². The minimum absolute atomic E-state index is 0.0775. The van der Waals surface area contributed by atoms with Crippen molar-refractivity contribution in [1.82, 2.24) is 5.32 Å². The summed E-state index contributed by atoms with van der Waals surface area (Å²) < 4.78 is 11.3. The number of ether oxygens (including phenoxy) is 1. The number of hydrogen-bond donors (Lipinski definition) is 1. The third-order valence-corrected chi connectivity index (χ3v) is 3.09. The van der Waals surface area contributed by atoms with Gasteiger partial charge in [0.25, 0.3) is 0 Å². The fourth-order valence-corrected chi connectivity index (χ4v) is 2.25. The van der Waals surface area contributed by atoms with E-state index in [9.17, 15) is 0 Å². The summed E-state index contributed by atoms with van der Waals surface area (Å²) in [5.74, 6) is 1.84. The molecule has 3 heteroatoms. The summed E-state index contributed by atoms with van der Waals surface area (Å²) in [6.07, 6.45) is 1.88. The molecular weight excluding hydrogens is 238 g/mol. The third-order valence-electron chi connectivity index (χ3n) is 3.09. The largest absolute Gasteiger partial charge is 0.491 e. The number of hydrogen-bond acceptors (Lipinski definition) is 3. The number of rotatable bonds is 5. The lowest BCUT2D eigenvalue weighted by molar-refractivity contribution is 0.238. The van der Waals surface area contributed by atoms with Crippen LogP contribution in [0, 0.1) is 6.92 Å². The second-order valence-electron chi connectivity index (χ2n) is 4.86. The lowest BCUT2D eigenvalue weighted by atomic mass is 9.98. The Labute approximate surface area is 114 Å². The van der Waals surface area contributed by atoms with Gasteiger partial charge >= 0.3 is 0 Å². The average molecular weight is 259 g/mol. The molecule has 1 aromatic heterocycles. The maximum absolute atomic E-state index is 5.90. The first-order chi connectivity index (χ1) is 9.13. The fourth-order valence-electron chi connectivity index (χ4n) is 2.25. The van der Waals surface area contributed by atoms with E-state index in [-0.39, 0.29) is 12.1 Å². The van der Waals surface area contributed by atoms with Gasteiger partial charge in [0.1, 0.15) is 11.5 Å². The smallest absolute Gasteiger partial charge is 0.124 e. The summed E-state index contributed by atoms with van der Waals surface area (Å²) >= 11 is 0. The third kappa shape index (κ3) is 2.99. The van der Waals surface area contributed by atoms with E-state index in [1.807, 2.05) is 52.1 Å². The molecule has 2 aromatic rings. The van der Waals surface area contributed by atoms with Crippen LogP contribution in [0.4, 0.5) is 0 Å². The monoisotopic (exact) mass is 259 g/mol. The Morgan fingerprint density at radius 3 is 2.42 bits per heavy atom. The topological polar surface area (TPSA) is 34.4 Å². The van der Waals surface area contributed by atoms with Crippen LogP contribution in [0.25, 0.3) is 0 Å². The Balaban J connectivity index is 2.41. The molecule has 3 nitrogen and oxygen atoms in total. The van der Waals surface area contributed by atoms with E-state index in [1.165, 1.54) is 0 Å². The molecule has 0 aliphatic carbocycles. The van der Waals surface area contributed by atoms with Crippen LogP contribution in [0.3, 0.4) is 0 Å². The number of para-hydroxylation sites is 1. The van der Waals surface area contributed by atoms with Gasteiger partial charge < -0.3 is 14.5 Å². The fraction of sp³-hybridized carbons (Fsp3) is 0.375. The molecule has 0 aliphatic heterocycles. The van der Waals surface area contributed by atoms with Gasteiger partial charge in [-0.15, -0.1) is 0 Å². The summed E-state index contributed by atoms with van der Waals surface area (Å²) in [6, 6.07) is 10.2. The highest BCUT2D eigenvalue weighted by atomic mass is 16.5. The maximum atomic E-state index is 5.90. The van der Waals surface area contributed by atoms with Gasteiger partial charge in [0, 0.05) is 11.1 Å². The number of nitrogens with one attached hydrogen (secondary N) is 1. The van der Waals surface area contributed by atoms with E-state index in [2.05, 4.69) is 11.4 Å². The van der Waals surface area contributed by atoms with Gasteiger partial charge in [-0.25, -0.2) is 0 Å². The molecule has 0 aliphatic rings. The predicted molar refractivity (Wildman–Crippen MR) is 76.6 cm³/mol. The highest BCUT2D eigenvalue weighted by Crippen LogP contribution is 2.32.